The van der Waals surface area contributed by atoms with Crippen molar-refractivity contribution in [2.24, 2.45) is 11.8 Å². The van der Waals surface area contributed by atoms with E-state index < -0.39 is 0 Å². The second kappa shape index (κ2) is 6.55. The van der Waals surface area contributed by atoms with Crippen molar-refractivity contribution in [3.05, 3.63) is 0 Å². The van der Waals surface area contributed by atoms with Gasteiger partial charge in [-0.15, -0.1) is 0 Å². The molecule has 112 valence electrons. The van der Waals surface area contributed by atoms with Gasteiger partial charge in [0, 0.05) is 31.2 Å². The van der Waals surface area contributed by atoms with Crippen LogP contribution in [0.3, 0.4) is 0 Å². The lowest BCUT2D eigenvalue weighted by molar-refractivity contribution is -0.0168. The van der Waals surface area contributed by atoms with E-state index in [1.54, 1.807) is 0 Å². The fraction of sp³-hybridized carbons (Fsp3) is 1.00. The summed E-state index contributed by atoms with van der Waals surface area (Å²) >= 11 is 0. The first-order valence-electron chi connectivity index (χ1n) is 8.15. The van der Waals surface area contributed by atoms with Crippen molar-refractivity contribution < 1.29 is 0 Å². The standard InChI is InChI=1S/C16H33N3/c1-12(2)8-17-9-15-6-7-16(15)19-10-13(3)18(5)14(4)11-19/h12-17H,6-11H2,1-5H3. The zero-order valence-electron chi connectivity index (χ0n) is 13.5. The average molecular weight is 267 g/mol. The molecule has 3 heteroatoms. The molecule has 1 saturated carbocycles. The third-order valence-corrected chi connectivity index (χ3v) is 5.19. The highest BCUT2D eigenvalue weighted by molar-refractivity contribution is 4.94. The fourth-order valence-corrected chi connectivity index (χ4v) is 3.54. The van der Waals surface area contributed by atoms with Crippen LogP contribution in [-0.4, -0.2) is 61.2 Å². The smallest absolute Gasteiger partial charge is 0.0195 e. The van der Waals surface area contributed by atoms with Crippen LogP contribution in [0.25, 0.3) is 0 Å². The van der Waals surface area contributed by atoms with Crippen molar-refractivity contribution in [1.82, 2.24) is 15.1 Å². The summed E-state index contributed by atoms with van der Waals surface area (Å²) < 4.78 is 0. The number of likely N-dealkylation sites (N-methyl/N-ethyl adjacent to an activating group) is 1. The van der Waals surface area contributed by atoms with Crippen LogP contribution in [0.4, 0.5) is 0 Å². The van der Waals surface area contributed by atoms with Crippen LogP contribution in [0, 0.1) is 11.8 Å². The van der Waals surface area contributed by atoms with E-state index >= 15 is 0 Å². The third kappa shape index (κ3) is 3.71. The normalized spacial score (nSPS) is 37.6. The molecule has 3 nitrogen and oxygen atoms in total. The minimum Gasteiger partial charge on any atom is -0.316 e. The maximum Gasteiger partial charge on any atom is 0.0195 e. The molecule has 1 aliphatic heterocycles. The van der Waals surface area contributed by atoms with E-state index in [1.165, 1.54) is 39.0 Å². The van der Waals surface area contributed by atoms with Gasteiger partial charge >= 0.3 is 0 Å². The first-order valence-corrected chi connectivity index (χ1v) is 8.15. The second-order valence-electron chi connectivity index (χ2n) is 7.27. The molecule has 19 heavy (non-hydrogen) atoms. The molecule has 1 aliphatic carbocycles. The Bertz CT molecular complexity index is 267. The van der Waals surface area contributed by atoms with Crippen LogP contribution in [-0.2, 0) is 0 Å². The van der Waals surface area contributed by atoms with E-state index in [0.29, 0.717) is 12.1 Å². The van der Waals surface area contributed by atoms with Crippen molar-refractivity contribution in [3.63, 3.8) is 0 Å². The maximum atomic E-state index is 3.65. The summed E-state index contributed by atoms with van der Waals surface area (Å²) in [4.78, 5) is 5.29. The first kappa shape index (κ1) is 15.3. The Morgan fingerprint density at radius 2 is 1.74 bits per heavy atom. The highest BCUT2D eigenvalue weighted by atomic mass is 15.3. The Hall–Kier alpha value is -0.120. The molecule has 0 bridgehead atoms. The van der Waals surface area contributed by atoms with E-state index in [2.05, 4.69) is 49.9 Å². The quantitative estimate of drug-likeness (QED) is 0.822. The Morgan fingerprint density at radius 3 is 2.21 bits per heavy atom. The van der Waals surface area contributed by atoms with Gasteiger partial charge in [0.1, 0.15) is 0 Å². The van der Waals surface area contributed by atoms with Gasteiger partial charge in [0.2, 0.25) is 0 Å². The number of piperazine rings is 1. The molecule has 0 aromatic carbocycles. The second-order valence-corrected chi connectivity index (χ2v) is 7.27. The SMILES string of the molecule is CC(C)CNCC1CCC1N1CC(C)N(C)C(C)C1. The molecule has 0 radical (unpaired) electrons. The molecule has 2 fully saturated rings. The minimum atomic E-state index is 0.702. The monoisotopic (exact) mass is 267 g/mol. The van der Waals surface area contributed by atoms with Crippen molar-refractivity contribution in [1.29, 1.82) is 0 Å². The van der Waals surface area contributed by atoms with Crippen LogP contribution < -0.4 is 5.32 Å². The summed E-state index contributed by atoms with van der Waals surface area (Å²) in [6.45, 7) is 14.2. The molecule has 2 aliphatic rings. The summed E-state index contributed by atoms with van der Waals surface area (Å²) in [5.41, 5.74) is 0. The van der Waals surface area contributed by atoms with Gasteiger partial charge in [0.15, 0.2) is 0 Å². The lowest BCUT2D eigenvalue weighted by Gasteiger charge is -2.51. The third-order valence-electron chi connectivity index (χ3n) is 5.19. The number of hydrogen-bond donors (Lipinski definition) is 1. The molecular formula is C16H33N3. The van der Waals surface area contributed by atoms with Gasteiger partial charge < -0.3 is 5.32 Å². The summed E-state index contributed by atoms with van der Waals surface area (Å²) in [6, 6.07) is 2.25. The largest absolute Gasteiger partial charge is 0.316 e. The maximum absolute atomic E-state index is 3.65. The van der Waals surface area contributed by atoms with Gasteiger partial charge in [-0.3, -0.25) is 9.80 Å². The fourth-order valence-electron chi connectivity index (χ4n) is 3.54. The highest BCUT2D eigenvalue weighted by Crippen LogP contribution is 2.33. The Balaban J connectivity index is 1.78. The zero-order valence-corrected chi connectivity index (χ0v) is 13.5. The molecule has 0 amide bonds. The number of nitrogens with one attached hydrogen (secondary N) is 1. The van der Waals surface area contributed by atoms with E-state index in [-0.39, 0.29) is 0 Å². The van der Waals surface area contributed by atoms with Gasteiger partial charge in [-0.1, -0.05) is 13.8 Å². The van der Waals surface area contributed by atoms with E-state index in [1.807, 2.05) is 0 Å². The van der Waals surface area contributed by atoms with Crippen LogP contribution >= 0.6 is 0 Å². The number of nitrogens with zero attached hydrogens (tertiary/aromatic N) is 2. The van der Waals surface area contributed by atoms with Crippen LogP contribution in [0.1, 0.15) is 40.5 Å². The molecule has 4 unspecified atom stereocenters. The van der Waals surface area contributed by atoms with Crippen LogP contribution in [0.2, 0.25) is 0 Å². The molecule has 1 saturated heterocycles. The number of hydrogen-bond acceptors (Lipinski definition) is 3. The first-order chi connectivity index (χ1) is 8.99. The van der Waals surface area contributed by atoms with Crippen molar-refractivity contribution >= 4 is 0 Å². The zero-order chi connectivity index (χ0) is 14.0. The predicted octanol–water partition coefficient (Wildman–Crippen LogP) is 2.03. The lowest BCUT2D eigenvalue weighted by atomic mass is 9.77. The van der Waals surface area contributed by atoms with Gasteiger partial charge in [0.25, 0.3) is 0 Å². The molecular weight excluding hydrogens is 234 g/mol. The van der Waals surface area contributed by atoms with Gasteiger partial charge in [-0.05, 0) is 58.7 Å². The van der Waals surface area contributed by atoms with Crippen molar-refractivity contribution in [2.45, 2.75) is 58.7 Å². The highest BCUT2D eigenvalue weighted by Gasteiger charge is 2.39. The molecule has 1 N–H and O–H groups in total. The van der Waals surface area contributed by atoms with Crippen LogP contribution in [0.5, 0.6) is 0 Å². The minimum absolute atomic E-state index is 0.702. The predicted molar refractivity (Wildman–Crippen MR) is 82.5 cm³/mol. The molecule has 0 aromatic heterocycles. The van der Waals surface area contributed by atoms with Crippen molar-refractivity contribution in [3.8, 4) is 0 Å². The summed E-state index contributed by atoms with van der Waals surface area (Å²) in [5, 5.41) is 3.65. The van der Waals surface area contributed by atoms with Gasteiger partial charge in [0.05, 0.1) is 0 Å². The Morgan fingerprint density at radius 1 is 1.11 bits per heavy atom. The molecule has 0 aromatic rings. The Kier molecular flexibility index (Phi) is 5.27. The van der Waals surface area contributed by atoms with Gasteiger partial charge in [-0.25, -0.2) is 0 Å². The molecule has 0 spiro atoms. The summed E-state index contributed by atoms with van der Waals surface area (Å²) in [5.74, 6) is 1.66. The lowest BCUT2D eigenvalue weighted by Crippen LogP contribution is -2.61. The van der Waals surface area contributed by atoms with Crippen LogP contribution in [0.15, 0.2) is 0 Å². The Labute approximate surface area is 119 Å². The molecule has 4 atom stereocenters. The molecule has 2 rings (SSSR count). The summed E-state index contributed by atoms with van der Waals surface area (Å²) in [7, 11) is 2.27. The van der Waals surface area contributed by atoms with Gasteiger partial charge in [-0.2, -0.15) is 0 Å². The van der Waals surface area contributed by atoms with Crippen molar-refractivity contribution in [2.75, 3.05) is 33.2 Å². The topological polar surface area (TPSA) is 18.5 Å². The van der Waals surface area contributed by atoms with E-state index in [0.717, 1.165) is 17.9 Å². The molecule has 1 heterocycles. The van der Waals surface area contributed by atoms with E-state index in [4.69, 9.17) is 0 Å². The average Bonchev–Trinajstić information content (AvgIpc) is 2.29. The summed E-state index contributed by atoms with van der Waals surface area (Å²) in [6.07, 6.45) is 2.84. The van der Waals surface area contributed by atoms with E-state index in [9.17, 15) is 0 Å². The number of rotatable bonds is 5.